The maximum Gasteiger partial charge on any atom is 0.306 e. The van der Waals surface area contributed by atoms with Gasteiger partial charge < -0.3 is 10.2 Å². The summed E-state index contributed by atoms with van der Waals surface area (Å²) in [5, 5.41) is 19.1. The van der Waals surface area contributed by atoms with Gasteiger partial charge in [0.25, 0.3) is 0 Å². The zero-order chi connectivity index (χ0) is 10.6. The van der Waals surface area contributed by atoms with Crippen LogP contribution in [0, 0.1) is 5.92 Å². The van der Waals surface area contributed by atoms with E-state index in [1.165, 1.54) is 6.42 Å². The van der Waals surface area contributed by atoms with Crippen LogP contribution < -0.4 is 0 Å². The van der Waals surface area contributed by atoms with Crippen LogP contribution in [0.5, 0.6) is 0 Å². The van der Waals surface area contributed by atoms with Gasteiger partial charge in [0.1, 0.15) is 0 Å². The van der Waals surface area contributed by atoms with Crippen LogP contribution in [0.15, 0.2) is 0 Å². The Morgan fingerprint density at radius 1 is 1.36 bits per heavy atom. The first-order valence-corrected chi connectivity index (χ1v) is 5.52. The Balaban J connectivity index is 2.50. The molecule has 0 aromatic carbocycles. The summed E-state index contributed by atoms with van der Waals surface area (Å²) in [5.74, 6) is -1.15. The summed E-state index contributed by atoms with van der Waals surface area (Å²) in [6, 6.07) is 0. The SMILES string of the molecule is CCC(CC1(O)CCCCC1)C(=O)O. The molecule has 0 aliphatic heterocycles. The van der Waals surface area contributed by atoms with Gasteiger partial charge >= 0.3 is 5.97 Å². The van der Waals surface area contributed by atoms with Crippen LogP contribution in [0.1, 0.15) is 51.9 Å². The Bertz CT molecular complexity index is 195. The molecule has 82 valence electrons. The van der Waals surface area contributed by atoms with Gasteiger partial charge in [-0.2, -0.15) is 0 Å². The van der Waals surface area contributed by atoms with Crippen molar-refractivity contribution in [3.8, 4) is 0 Å². The highest BCUT2D eigenvalue weighted by Gasteiger charge is 2.33. The van der Waals surface area contributed by atoms with E-state index in [1.54, 1.807) is 0 Å². The molecule has 14 heavy (non-hydrogen) atoms. The highest BCUT2D eigenvalue weighted by molar-refractivity contribution is 5.70. The van der Waals surface area contributed by atoms with Gasteiger partial charge in [0.15, 0.2) is 0 Å². The number of hydrogen-bond acceptors (Lipinski definition) is 2. The van der Waals surface area contributed by atoms with Crippen LogP contribution in [-0.2, 0) is 4.79 Å². The largest absolute Gasteiger partial charge is 0.481 e. The molecule has 0 aromatic heterocycles. The predicted octanol–water partition coefficient (Wildman–Crippen LogP) is 2.18. The number of aliphatic carboxylic acids is 1. The molecule has 0 saturated heterocycles. The van der Waals surface area contributed by atoms with Crippen molar-refractivity contribution in [1.29, 1.82) is 0 Å². The van der Waals surface area contributed by atoms with Crippen molar-refractivity contribution in [3.05, 3.63) is 0 Å². The quantitative estimate of drug-likeness (QED) is 0.731. The van der Waals surface area contributed by atoms with Crippen molar-refractivity contribution >= 4 is 5.97 Å². The molecule has 1 atom stereocenters. The zero-order valence-electron chi connectivity index (χ0n) is 8.83. The van der Waals surface area contributed by atoms with Crippen molar-refractivity contribution in [2.45, 2.75) is 57.5 Å². The smallest absolute Gasteiger partial charge is 0.306 e. The van der Waals surface area contributed by atoms with Gasteiger partial charge in [-0.1, -0.05) is 26.2 Å². The Labute approximate surface area is 85.1 Å². The van der Waals surface area contributed by atoms with E-state index in [4.69, 9.17) is 5.11 Å². The third kappa shape index (κ3) is 2.98. The Hall–Kier alpha value is -0.570. The number of carboxylic acid groups (broad SMARTS) is 1. The van der Waals surface area contributed by atoms with Gasteiger partial charge in [0, 0.05) is 0 Å². The second kappa shape index (κ2) is 4.78. The molecule has 0 bridgehead atoms. The topological polar surface area (TPSA) is 57.5 Å². The van der Waals surface area contributed by atoms with E-state index in [0.717, 1.165) is 25.7 Å². The number of carboxylic acids is 1. The van der Waals surface area contributed by atoms with Crippen LogP contribution >= 0.6 is 0 Å². The minimum absolute atomic E-state index is 0.377. The number of aliphatic hydroxyl groups is 1. The first kappa shape index (κ1) is 11.5. The lowest BCUT2D eigenvalue weighted by atomic mass is 9.78. The van der Waals surface area contributed by atoms with E-state index in [1.807, 2.05) is 6.92 Å². The molecule has 0 aromatic rings. The van der Waals surface area contributed by atoms with Gasteiger partial charge in [-0.15, -0.1) is 0 Å². The molecular weight excluding hydrogens is 180 g/mol. The molecule has 0 radical (unpaired) electrons. The molecule has 2 N–H and O–H groups in total. The van der Waals surface area contributed by atoms with Gasteiger partial charge in [0.05, 0.1) is 11.5 Å². The summed E-state index contributed by atoms with van der Waals surface area (Å²) in [7, 11) is 0. The van der Waals surface area contributed by atoms with Gasteiger partial charge in [-0.3, -0.25) is 4.79 Å². The summed E-state index contributed by atoms with van der Waals surface area (Å²) in [4.78, 5) is 10.8. The monoisotopic (exact) mass is 200 g/mol. The minimum Gasteiger partial charge on any atom is -0.481 e. The fourth-order valence-corrected chi connectivity index (χ4v) is 2.28. The lowest BCUT2D eigenvalue weighted by molar-refractivity contribution is -0.145. The molecule has 0 spiro atoms. The van der Waals surface area contributed by atoms with Crippen molar-refractivity contribution in [2.75, 3.05) is 0 Å². The minimum atomic E-state index is -0.772. The standard InChI is InChI=1S/C11H20O3/c1-2-9(10(12)13)8-11(14)6-4-3-5-7-11/h9,14H,2-8H2,1H3,(H,12,13). The predicted molar refractivity (Wildman–Crippen MR) is 54.1 cm³/mol. The lowest BCUT2D eigenvalue weighted by Crippen LogP contribution is -2.35. The van der Waals surface area contributed by atoms with Crippen LogP contribution in [-0.4, -0.2) is 21.8 Å². The molecule has 1 aliphatic carbocycles. The average molecular weight is 200 g/mol. The Kier molecular flexibility index (Phi) is 3.93. The van der Waals surface area contributed by atoms with Gasteiger partial charge in [-0.05, 0) is 25.7 Å². The second-order valence-corrected chi connectivity index (χ2v) is 4.43. The molecule has 3 nitrogen and oxygen atoms in total. The highest BCUT2D eigenvalue weighted by Crippen LogP contribution is 2.34. The lowest BCUT2D eigenvalue weighted by Gasteiger charge is -2.33. The first-order valence-electron chi connectivity index (χ1n) is 5.52. The third-order valence-electron chi connectivity index (χ3n) is 3.25. The van der Waals surface area contributed by atoms with Crippen LogP contribution in [0.2, 0.25) is 0 Å². The van der Waals surface area contributed by atoms with E-state index < -0.39 is 11.6 Å². The number of carbonyl (C=O) groups is 1. The summed E-state index contributed by atoms with van der Waals surface area (Å²) in [6.45, 7) is 1.87. The van der Waals surface area contributed by atoms with Crippen LogP contribution in [0.25, 0.3) is 0 Å². The number of hydrogen-bond donors (Lipinski definition) is 2. The van der Waals surface area contributed by atoms with Crippen molar-refractivity contribution in [3.63, 3.8) is 0 Å². The average Bonchev–Trinajstić information content (AvgIpc) is 2.15. The second-order valence-electron chi connectivity index (χ2n) is 4.43. The summed E-state index contributed by atoms with van der Waals surface area (Å²) >= 11 is 0. The van der Waals surface area contributed by atoms with E-state index in [2.05, 4.69) is 0 Å². The van der Waals surface area contributed by atoms with E-state index >= 15 is 0 Å². The molecule has 1 aliphatic rings. The molecule has 1 fully saturated rings. The molecule has 1 unspecified atom stereocenters. The molecule has 3 heteroatoms. The van der Waals surface area contributed by atoms with Crippen LogP contribution in [0.3, 0.4) is 0 Å². The van der Waals surface area contributed by atoms with Crippen molar-refractivity contribution < 1.29 is 15.0 Å². The molecule has 1 rings (SSSR count). The molecule has 0 heterocycles. The molecular formula is C11H20O3. The summed E-state index contributed by atoms with van der Waals surface area (Å²) in [5.41, 5.74) is -0.697. The van der Waals surface area contributed by atoms with Gasteiger partial charge in [0.2, 0.25) is 0 Å². The molecule has 0 amide bonds. The highest BCUT2D eigenvalue weighted by atomic mass is 16.4. The third-order valence-corrected chi connectivity index (χ3v) is 3.25. The van der Waals surface area contributed by atoms with Gasteiger partial charge in [-0.25, -0.2) is 0 Å². The Morgan fingerprint density at radius 3 is 2.36 bits per heavy atom. The van der Waals surface area contributed by atoms with E-state index in [9.17, 15) is 9.90 Å². The zero-order valence-corrected chi connectivity index (χ0v) is 8.83. The molecule has 1 saturated carbocycles. The van der Waals surface area contributed by atoms with Crippen LogP contribution in [0.4, 0.5) is 0 Å². The number of rotatable bonds is 4. The van der Waals surface area contributed by atoms with E-state index in [-0.39, 0.29) is 5.92 Å². The first-order chi connectivity index (χ1) is 6.57. The van der Waals surface area contributed by atoms with E-state index in [0.29, 0.717) is 12.8 Å². The summed E-state index contributed by atoms with van der Waals surface area (Å²) in [6.07, 6.45) is 5.83. The normalized spacial score (nSPS) is 23.0. The fourth-order valence-electron chi connectivity index (χ4n) is 2.28. The van der Waals surface area contributed by atoms with Crippen molar-refractivity contribution in [1.82, 2.24) is 0 Å². The maximum absolute atomic E-state index is 10.8. The van der Waals surface area contributed by atoms with Crippen molar-refractivity contribution in [2.24, 2.45) is 5.92 Å². The summed E-state index contributed by atoms with van der Waals surface area (Å²) < 4.78 is 0. The maximum atomic E-state index is 10.8. The Morgan fingerprint density at radius 2 is 1.93 bits per heavy atom. The fraction of sp³-hybridized carbons (Fsp3) is 0.909.